The third-order valence-corrected chi connectivity index (χ3v) is 4.80. The number of carbonyl (C=O) groups is 1. The first-order valence-electron chi connectivity index (χ1n) is 9.61. The zero-order chi connectivity index (χ0) is 20.9. The average molecular weight is 412 g/mol. The molecule has 10 heteroatoms. The van der Waals surface area contributed by atoms with E-state index in [1.54, 1.807) is 23.7 Å². The van der Waals surface area contributed by atoms with E-state index >= 15 is 0 Å². The molecule has 0 spiro atoms. The molecule has 3 aromatic rings. The lowest BCUT2D eigenvalue weighted by Gasteiger charge is -2.22. The van der Waals surface area contributed by atoms with Crippen molar-refractivity contribution >= 4 is 5.91 Å². The molecule has 1 saturated heterocycles. The van der Waals surface area contributed by atoms with Gasteiger partial charge in [0.1, 0.15) is 23.8 Å². The Hall–Kier alpha value is -3.40. The van der Waals surface area contributed by atoms with Crippen LogP contribution in [0, 0.1) is 12.7 Å². The summed E-state index contributed by atoms with van der Waals surface area (Å²) in [5.74, 6) is -0.330. The predicted octanol–water partition coefficient (Wildman–Crippen LogP) is 1.99. The second kappa shape index (κ2) is 8.95. The van der Waals surface area contributed by atoms with E-state index in [9.17, 15) is 9.18 Å². The molecule has 1 fully saturated rings. The maximum absolute atomic E-state index is 13.2. The average Bonchev–Trinajstić information content (AvgIpc) is 3.14. The molecule has 1 N–H and O–H groups in total. The molecule has 2 aromatic heterocycles. The molecule has 156 valence electrons. The zero-order valence-corrected chi connectivity index (χ0v) is 16.4. The number of ether oxygens (including phenoxy) is 2. The van der Waals surface area contributed by atoms with Crippen molar-refractivity contribution in [2.75, 3.05) is 13.2 Å². The Kier molecular flexibility index (Phi) is 5.94. The number of nitrogens with one attached hydrogen (secondary N) is 1. The Balaban J connectivity index is 1.39. The van der Waals surface area contributed by atoms with Gasteiger partial charge in [0.15, 0.2) is 0 Å². The Bertz CT molecular complexity index is 1000. The number of carbonyl (C=O) groups excluding carboxylic acids is 1. The van der Waals surface area contributed by atoms with Crippen LogP contribution in [0.15, 0.2) is 36.7 Å². The lowest BCUT2D eigenvalue weighted by atomic mass is 10.1. The summed E-state index contributed by atoms with van der Waals surface area (Å²) in [5.41, 5.74) is 2.27. The molecule has 0 saturated carbocycles. The lowest BCUT2D eigenvalue weighted by molar-refractivity contribution is 0.0694. The molecule has 0 atom stereocenters. The second-order valence-corrected chi connectivity index (χ2v) is 6.90. The molecule has 9 nitrogen and oxygen atoms in total. The van der Waals surface area contributed by atoms with E-state index in [4.69, 9.17) is 9.47 Å². The third kappa shape index (κ3) is 4.60. The molecular formula is C20H21FN6O3. The predicted molar refractivity (Wildman–Crippen MR) is 104 cm³/mol. The monoisotopic (exact) mass is 412 g/mol. The van der Waals surface area contributed by atoms with Crippen molar-refractivity contribution in [2.24, 2.45) is 0 Å². The molecule has 0 radical (unpaired) electrons. The van der Waals surface area contributed by atoms with E-state index in [-0.39, 0.29) is 35.9 Å². The quantitative estimate of drug-likeness (QED) is 0.660. The van der Waals surface area contributed by atoms with Gasteiger partial charge in [0.05, 0.1) is 23.8 Å². The highest BCUT2D eigenvalue weighted by Crippen LogP contribution is 2.16. The van der Waals surface area contributed by atoms with Crippen LogP contribution < -0.4 is 10.1 Å². The van der Waals surface area contributed by atoms with Crippen molar-refractivity contribution < 1.29 is 18.7 Å². The van der Waals surface area contributed by atoms with Gasteiger partial charge in [0.2, 0.25) is 5.88 Å². The Morgan fingerprint density at radius 3 is 2.70 bits per heavy atom. The summed E-state index contributed by atoms with van der Waals surface area (Å²) in [6.07, 6.45) is 4.36. The lowest BCUT2D eigenvalue weighted by Crippen LogP contribution is -2.39. The number of aromatic nitrogens is 5. The molecule has 1 aliphatic heterocycles. The van der Waals surface area contributed by atoms with Gasteiger partial charge in [-0.3, -0.25) is 4.79 Å². The summed E-state index contributed by atoms with van der Waals surface area (Å²) in [6.45, 7) is 3.23. The Morgan fingerprint density at radius 2 is 2.00 bits per heavy atom. The molecule has 30 heavy (non-hydrogen) atoms. The van der Waals surface area contributed by atoms with Crippen LogP contribution in [-0.4, -0.2) is 50.1 Å². The van der Waals surface area contributed by atoms with Crippen LogP contribution in [-0.2, 0) is 11.3 Å². The first kappa shape index (κ1) is 19.9. The number of benzene rings is 1. The van der Waals surface area contributed by atoms with E-state index in [0.717, 1.165) is 12.8 Å². The van der Waals surface area contributed by atoms with Crippen molar-refractivity contribution in [1.82, 2.24) is 30.3 Å². The van der Waals surface area contributed by atoms with Crippen LogP contribution in [0.2, 0.25) is 0 Å². The highest BCUT2D eigenvalue weighted by Gasteiger charge is 2.18. The number of aryl methyl sites for hydroxylation is 1. The number of halogens is 1. The van der Waals surface area contributed by atoms with Crippen LogP contribution in [0.25, 0.3) is 5.69 Å². The van der Waals surface area contributed by atoms with Gasteiger partial charge in [-0.25, -0.2) is 19.0 Å². The van der Waals surface area contributed by atoms with E-state index in [1.807, 2.05) is 0 Å². The highest BCUT2D eigenvalue weighted by atomic mass is 19.1. The van der Waals surface area contributed by atoms with Gasteiger partial charge in [-0.05, 0) is 44.0 Å². The fraction of sp³-hybridized carbons (Fsp3) is 0.350. The fourth-order valence-electron chi connectivity index (χ4n) is 3.08. The molecule has 3 heterocycles. The topological polar surface area (TPSA) is 104 Å². The number of hydrogen-bond donors (Lipinski definition) is 1. The number of nitrogens with zero attached hydrogens (tertiary/aromatic N) is 5. The largest absolute Gasteiger partial charge is 0.470 e. The van der Waals surface area contributed by atoms with E-state index < -0.39 is 0 Å². The second-order valence-electron chi connectivity index (χ2n) is 6.90. The SMILES string of the molecule is Cc1nnn(-c2ccc(F)cc2)c1COc1cnc(C(=O)NC2CCOCC2)cn1. The number of amides is 1. The molecular weight excluding hydrogens is 391 g/mol. The van der Waals surface area contributed by atoms with Crippen LogP contribution in [0.4, 0.5) is 4.39 Å². The molecule has 0 unspecified atom stereocenters. The maximum atomic E-state index is 13.2. The smallest absolute Gasteiger partial charge is 0.271 e. The van der Waals surface area contributed by atoms with Crippen LogP contribution in [0.3, 0.4) is 0 Å². The standard InChI is InChI=1S/C20H21FN6O3/c1-13-18(27(26-25-13)16-4-2-14(21)3-5-16)12-30-19-11-22-17(10-23-19)20(28)24-15-6-8-29-9-7-15/h2-5,10-11,15H,6-9,12H2,1H3,(H,24,28). The summed E-state index contributed by atoms with van der Waals surface area (Å²) >= 11 is 0. The first-order chi connectivity index (χ1) is 14.6. The summed E-state index contributed by atoms with van der Waals surface area (Å²) < 4.78 is 25.8. The minimum absolute atomic E-state index is 0.0891. The van der Waals surface area contributed by atoms with Crippen molar-refractivity contribution in [2.45, 2.75) is 32.4 Å². The van der Waals surface area contributed by atoms with Gasteiger partial charge < -0.3 is 14.8 Å². The van der Waals surface area contributed by atoms with E-state index in [1.165, 1.54) is 24.5 Å². The minimum Gasteiger partial charge on any atom is -0.470 e. The van der Waals surface area contributed by atoms with Crippen LogP contribution in [0.1, 0.15) is 34.7 Å². The number of rotatable bonds is 6. The summed E-state index contributed by atoms with van der Waals surface area (Å²) in [6, 6.07) is 6.02. The van der Waals surface area contributed by atoms with Crippen molar-refractivity contribution in [1.29, 1.82) is 0 Å². The van der Waals surface area contributed by atoms with Crippen LogP contribution in [0.5, 0.6) is 5.88 Å². The van der Waals surface area contributed by atoms with Crippen molar-refractivity contribution in [3.05, 3.63) is 59.6 Å². The first-order valence-corrected chi connectivity index (χ1v) is 9.61. The summed E-state index contributed by atoms with van der Waals surface area (Å²) in [5, 5.41) is 11.1. The highest BCUT2D eigenvalue weighted by molar-refractivity contribution is 5.92. The van der Waals surface area contributed by atoms with Gasteiger partial charge in [-0.2, -0.15) is 0 Å². The third-order valence-electron chi connectivity index (χ3n) is 4.80. The van der Waals surface area contributed by atoms with Crippen LogP contribution >= 0.6 is 0 Å². The normalized spacial score (nSPS) is 14.5. The summed E-state index contributed by atoms with van der Waals surface area (Å²) in [7, 11) is 0. The molecule has 1 aliphatic rings. The van der Waals surface area contributed by atoms with E-state index in [2.05, 4.69) is 25.6 Å². The van der Waals surface area contributed by atoms with Crippen molar-refractivity contribution in [3.8, 4) is 11.6 Å². The van der Waals surface area contributed by atoms with Gasteiger partial charge in [0, 0.05) is 19.3 Å². The summed E-state index contributed by atoms with van der Waals surface area (Å²) in [4.78, 5) is 20.6. The fourth-order valence-corrected chi connectivity index (χ4v) is 3.08. The zero-order valence-electron chi connectivity index (χ0n) is 16.4. The van der Waals surface area contributed by atoms with E-state index in [0.29, 0.717) is 30.3 Å². The Morgan fingerprint density at radius 1 is 1.23 bits per heavy atom. The van der Waals surface area contributed by atoms with Gasteiger partial charge in [0.25, 0.3) is 5.91 Å². The van der Waals surface area contributed by atoms with Crippen molar-refractivity contribution in [3.63, 3.8) is 0 Å². The number of hydrogen-bond acceptors (Lipinski definition) is 7. The Labute approximate surface area is 172 Å². The molecule has 0 bridgehead atoms. The van der Waals surface area contributed by atoms with Gasteiger partial charge >= 0.3 is 0 Å². The molecule has 0 aliphatic carbocycles. The maximum Gasteiger partial charge on any atom is 0.271 e. The molecule has 4 rings (SSSR count). The molecule has 1 aromatic carbocycles. The van der Waals surface area contributed by atoms with Gasteiger partial charge in [-0.1, -0.05) is 5.21 Å². The molecule has 1 amide bonds. The van der Waals surface area contributed by atoms with Gasteiger partial charge in [-0.15, -0.1) is 5.10 Å². The minimum atomic E-state index is -0.329.